The zero-order valence-corrected chi connectivity index (χ0v) is 5.82. The van der Waals surface area contributed by atoms with Crippen LogP contribution in [0.3, 0.4) is 0 Å². The quantitative estimate of drug-likeness (QED) is 0.537. The fourth-order valence-corrected chi connectivity index (χ4v) is 1.82. The SMILES string of the molecule is O=C1OC[C@H]2C[C@H](C(=O)O)[C@@H]12. The Kier molecular flexibility index (Phi) is 1.19. The molecule has 1 saturated carbocycles. The van der Waals surface area contributed by atoms with Crippen molar-refractivity contribution in [2.24, 2.45) is 17.8 Å². The van der Waals surface area contributed by atoms with Crippen LogP contribution in [-0.2, 0) is 14.3 Å². The van der Waals surface area contributed by atoms with E-state index in [1.54, 1.807) is 0 Å². The van der Waals surface area contributed by atoms with E-state index in [4.69, 9.17) is 9.84 Å². The molecule has 3 atom stereocenters. The number of carboxylic acid groups (broad SMARTS) is 1. The zero-order chi connectivity index (χ0) is 8.01. The minimum absolute atomic E-state index is 0.184. The third-order valence-corrected chi connectivity index (χ3v) is 2.53. The van der Waals surface area contributed by atoms with E-state index in [2.05, 4.69) is 0 Å². The van der Waals surface area contributed by atoms with Gasteiger partial charge in [-0.1, -0.05) is 0 Å². The molecule has 0 bridgehead atoms. The Bertz CT molecular complexity index is 222. The summed E-state index contributed by atoms with van der Waals surface area (Å²) >= 11 is 0. The lowest BCUT2D eigenvalue weighted by Crippen LogP contribution is -2.42. The van der Waals surface area contributed by atoms with E-state index in [0.717, 1.165) is 0 Å². The Morgan fingerprint density at radius 2 is 2.36 bits per heavy atom. The second kappa shape index (κ2) is 1.96. The molecule has 0 aromatic rings. The van der Waals surface area contributed by atoms with Gasteiger partial charge in [0, 0.05) is 5.92 Å². The predicted molar refractivity (Wildman–Crippen MR) is 33.7 cm³/mol. The van der Waals surface area contributed by atoms with Crippen LogP contribution in [0.2, 0.25) is 0 Å². The lowest BCUT2D eigenvalue weighted by Gasteiger charge is -2.32. The summed E-state index contributed by atoms with van der Waals surface area (Å²) in [6.45, 7) is 0.424. The summed E-state index contributed by atoms with van der Waals surface area (Å²) < 4.78 is 4.72. The molecule has 0 aromatic carbocycles. The molecule has 2 fully saturated rings. The topological polar surface area (TPSA) is 63.6 Å². The summed E-state index contributed by atoms with van der Waals surface area (Å²) in [5, 5.41) is 8.59. The van der Waals surface area contributed by atoms with Crippen LogP contribution in [0.25, 0.3) is 0 Å². The maximum Gasteiger partial charge on any atom is 0.310 e. The summed E-state index contributed by atoms with van der Waals surface area (Å²) in [6, 6.07) is 0. The van der Waals surface area contributed by atoms with Gasteiger partial charge in [0.1, 0.15) is 0 Å². The van der Waals surface area contributed by atoms with Crippen molar-refractivity contribution >= 4 is 11.9 Å². The van der Waals surface area contributed by atoms with Crippen LogP contribution in [0.1, 0.15) is 6.42 Å². The third-order valence-electron chi connectivity index (χ3n) is 2.53. The number of hydrogen-bond acceptors (Lipinski definition) is 3. The number of carbonyl (C=O) groups is 2. The molecule has 11 heavy (non-hydrogen) atoms. The number of carboxylic acids is 1. The van der Waals surface area contributed by atoms with Crippen molar-refractivity contribution in [3.05, 3.63) is 0 Å². The molecule has 0 spiro atoms. The van der Waals surface area contributed by atoms with E-state index in [0.29, 0.717) is 13.0 Å². The van der Waals surface area contributed by atoms with Gasteiger partial charge in [-0.2, -0.15) is 0 Å². The van der Waals surface area contributed by atoms with E-state index < -0.39 is 11.9 Å². The van der Waals surface area contributed by atoms with Crippen molar-refractivity contribution in [2.75, 3.05) is 6.61 Å². The first-order chi connectivity index (χ1) is 5.20. The number of aliphatic carboxylic acids is 1. The monoisotopic (exact) mass is 156 g/mol. The molecule has 1 aliphatic heterocycles. The highest BCUT2D eigenvalue weighted by atomic mass is 16.5. The van der Waals surface area contributed by atoms with E-state index in [-0.39, 0.29) is 17.8 Å². The van der Waals surface area contributed by atoms with Crippen LogP contribution >= 0.6 is 0 Å². The fraction of sp³-hybridized carbons (Fsp3) is 0.714. The molecular weight excluding hydrogens is 148 g/mol. The molecular formula is C7H8O4. The molecule has 4 heteroatoms. The first-order valence-electron chi connectivity index (χ1n) is 3.59. The average Bonchev–Trinajstić information content (AvgIpc) is 2.06. The van der Waals surface area contributed by atoms with Gasteiger partial charge in [0.05, 0.1) is 18.4 Å². The minimum Gasteiger partial charge on any atom is -0.481 e. The number of esters is 1. The number of cyclic esters (lactones) is 1. The third kappa shape index (κ3) is 0.751. The molecule has 4 nitrogen and oxygen atoms in total. The average molecular weight is 156 g/mol. The van der Waals surface area contributed by atoms with Crippen molar-refractivity contribution in [1.29, 1.82) is 0 Å². The lowest BCUT2D eigenvalue weighted by atomic mass is 9.66. The molecule has 1 aliphatic carbocycles. The van der Waals surface area contributed by atoms with E-state index in [9.17, 15) is 9.59 Å². The minimum atomic E-state index is -0.870. The van der Waals surface area contributed by atoms with Crippen LogP contribution in [0.15, 0.2) is 0 Å². The molecule has 1 saturated heterocycles. The standard InChI is InChI=1S/C7H8O4/c8-6(9)4-1-3-2-11-7(10)5(3)4/h3-5H,1-2H2,(H,8,9)/t3-,4+,5+/m1/s1. The molecule has 1 heterocycles. The van der Waals surface area contributed by atoms with Gasteiger partial charge in [-0.15, -0.1) is 0 Å². The molecule has 0 unspecified atom stereocenters. The highest BCUT2D eigenvalue weighted by Gasteiger charge is 2.54. The summed E-state index contributed by atoms with van der Waals surface area (Å²) in [5.41, 5.74) is 0. The van der Waals surface area contributed by atoms with Crippen molar-refractivity contribution in [1.82, 2.24) is 0 Å². The van der Waals surface area contributed by atoms with Gasteiger partial charge in [-0.25, -0.2) is 0 Å². The number of hydrogen-bond donors (Lipinski definition) is 1. The van der Waals surface area contributed by atoms with Gasteiger partial charge >= 0.3 is 11.9 Å². The van der Waals surface area contributed by atoms with E-state index in [1.807, 2.05) is 0 Å². The molecule has 60 valence electrons. The fourth-order valence-electron chi connectivity index (χ4n) is 1.82. The summed E-state index contributed by atoms with van der Waals surface area (Å²) in [5.74, 6) is -1.83. The Morgan fingerprint density at radius 3 is 2.91 bits per heavy atom. The number of ether oxygens (including phenoxy) is 1. The molecule has 2 rings (SSSR count). The Balaban J connectivity index is 2.11. The van der Waals surface area contributed by atoms with Crippen LogP contribution in [-0.4, -0.2) is 23.7 Å². The van der Waals surface area contributed by atoms with Gasteiger partial charge in [-0.3, -0.25) is 9.59 Å². The molecule has 0 amide bonds. The van der Waals surface area contributed by atoms with Crippen LogP contribution in [0.5, 0.6) is 0 Å². The van der Waals surface area contributed by atoms with Gasteiger partial charge in [0.25, 0.3) is 0 Å². The first-order valence-corrected chi connectivity index (χ1v) is 3.59. The highest BCUT2D eigenvalue weighted by molar-refractivity contribution is 5.84. The maximum absolute atomic E-state index is 10.9. The first kappa shape index (κ1) is 6.64. The van der Waals surface area contributed by atoms with Gasteiger partial charge in [0.2, 0.25) is 0 Å². The predicted octanol–water partition coefficient (Wildman–Crippen LogP) is -0.120. The maximum atomic E-state index is 10.9. The van der Waals surface area contributed by atoms with E-state index in [1.165, 1.54) is 0 Å². The molecule has 1 N–H and O–H groups in total. The lowest BCUT2D eigenvalue weighted by molar-refractivity contribution is -0.156. The zero-order valence-electron chi connectivity index (χ0n) is 5.82. The van der Waals surface area contributed by atoms with Gasteiger partial charge in [-0.05, 0) is 6.42 Å². The number of carbonyl (C=O) groups excluding carboxylic acids is 1. The van der Waals surface area contributed by atoms with Gasteiger partial charge in [0.15, 0.2) is 0 Å². The largest absolute Gasteiger partial charge is 0.481 e. The van der Waals surface area contributed by atoms with Crippen molar-refractivity contribution in [3.63, 3.8) is 0 Å². The normalized spacial score (nSPS) is 40.7. The number of rotatable bonds is 1. The van der Waals surface area contributed by atoms with Crippen LogP contribution < -0.4 is 0 Å². The second-order valence-electron chi connectivity index (χ2n) is 3.10. The molecule has 0 aromatic heterocycles. The Morgan fingerprint density at radius 1 is 1.64 bits per heavy atom. The van der Waals surface area contributed by atoms with Crippen molar-refractivity contribution < 1.29 is 19.4 Å². The number of fused-ring (bicyclic) bond motifs is 1. The van der Waals surface area contributed by atoms with Crippen molar-refractivity contribution in [2.45, 2.75) is 6.42 Å². The Labute approximate surface area is 63.1 Å². The summed E-state index contributed by atoms with van der Waals surface area (Å²) in [6.07, 6.45) is 0.603. The summed E-state index contributed by atoms with van der Waals surface area (Å²) in [4.78, 5) is 21.3. The van der Waals surface area contributed by atoms with Crippen LogP contribution in [0.4, 0.5) is 0 Å². The molecule has 0 radical (unpaired) electrons. The van der Waals surface area contributed by atoms with E-state index >= 15 is 0 Å². The molecule has 2 aliphatic rings. The highest BCUT2D eigenvalue weighted by Crippen LogP contribution is 2.45. The van der Waals surface area contributed by atoms with Crippen molar-refractivity contribution in [3.8, 4) is 0 Å². The Hall–Kier alpha value is -1.06. The smallest absolute Gasteiger partial charge is 0.310 e. The van der Waals surface area contributed by atoms with Crippen LogP contribution in [0, 0.1) is 17.8 Å². The van der Waals surface area contributed by atoms with Gasteiger partial charge < -0.3 is 9.84 Å². The second-order valence-corrected chi connectivity index (χ2v) is 3.10. The summed E-state index contributed by atoms with van der Waals surface area (Å²) in [7, 11) is 0.